The van der Waals surface area contributed by atoms with Crippen molar-refractivity contribution >= 4 is 11.3 Å². The van der Waals surface area contributed by atoms with E-state index in [0.717, 1.165) is 30.3 Å². The molecule has 4 heteroatoms. The van der Waals surface area contributed by atoms with Crippen molar-refractivity contribution in [3.63, 3.8) is 0 Å². The van der Waals surface area contributed by atoms with Gasteiger partial charge in [0.2, 0.25) is 0 Å². The lowest BCUT2D eigenvalue weighted by Crippen LogP contribution is -2.13. The number of ether oxygens (including phenoxy) is 1. The summed E-state index contributed by atoms with van der Waals surface area (Å²) in [6.07, 6.45) is 2.96. The fraction of sp³-hybridized carbons (Fsp3) is 0.357. The summed E-state index contributed by atoms with van der Waals surface area (Å²) < 4.78 is 5.66. The number of nitrogens with one attached hydrogen (secondary N) is 1. The van der Waals surface area contributed by atoms with E-state index >= 15 is 0 Å². The van der Waals surface area contributed by atoms with Crippen LogP contribution in [0.15, 0.2) is 35.8 Å². The van der Waals surface area contributed by atoms with E-state index in [1.807, 2.05) is 17.5 Å². The first-order valence-electron chi connectivity index (χ1n) is 6.19. The van der Waals surface area contributed by atoms with Gasteiger partial charge in [-0.15, -0.1) is 11.3 Å². The van der Waals surface area contributed by atoms with Crippen LogP contribution < -0.4 is 10.1 Å². The third-order valence-corrected chi connectivity index (χ3v) is 3.28. The highest BCUT2D eigenvalue weighted by Crippen LogP contribution is 2.15. The minimum absolute atomic E-state index is 0.547. The molecule has 0 atom stereocenters. The molecule has 0 bridgehead atoms. The minimum atomic E-state index is 0.547. The Bertz CT molecular complexity index is 439. The maximum absolute atomic E-state index is 5.66. The van der Waals surface area contributed by atoms with Gasteiger partial charge in [0.25, 0.3) is 0 Å². The third-order valence-electron chi connectivity index (χ3n) is 2.53. The molecule has 0 fully saturated rings. The van der Waals surface area contributed by atoms with E-state index in [0.29, 0.717) is 6.61 Å². The van der Waals surface area contributed by atoms with E-state index in [2.05, 4.69) is 29.4 Å². The Morgan fingerprint density at radius 2 is 2.11 bits per heavy atom. The van der Waals surface area contributed by atoms with Crippen LogP contribution in [0, 0.1) is 0 Å². The maximum atomic E-state index is 5.66. The number of nitrogens with zero attached hydrogens (tertiary/aromatic N) is 1. The lowest BCUT2D eigenvalue weighted by atomic mass is 10.2. The predicted octanol–water partition coefficient (Wildman–Crippen LogP) is 3.22. The molecule has 0 radical (unpaired) electrons. The SMILES string of the molecule is CCCNCc1ccc(OCc2nccs2)cc1. The van der Waals surface area contributed by atoms with Crippen molar-refractivity contribution < 1.29 is 4.74 Å². The van der Waals surface area contributed by atoms with E-state index in [-0.39, 0.29) is 0 Å². The molecule has 0 aliphatic rings. The van der Waals surface area contributed by atoms with E-state index in [1.165, 1.54) is 5.56 Å². The lowest BCUT2D eigenvalue weighted by Gasteiger charge is -2.06. The van der Waals surface area contributed by atoms with Crippen LogP contribution in [0.25, 0.3) is 0 Å². The van der Waals surface area contributed by atoms with Gasteiger partial charge >= 0.3 is 0 Å². The molecule has 1 aromatic heterocycles. The summed E-state index contributed by atoms with van der Waals surface area (Å²) >= 11 is 1.61. The zero-order valence-corrected chi connectivity index (χ0v) is 11.4. The van der Waals surface area contributed by atoms with Gasteiger partial charge < -0.3 is 10.1 Å². The number of hydrogen-bond donors (Lipinski definition) is 1. The Morgan fingerprint density at radius 1 is 1.28 bits per heavy atom. The second-order valence-corrected chi connectivity index (χ2v) is 5.01. The Morgan fingerprint density at radius 3 is 2.78 bits per heavy atom. The molecule has 0 aliphatic heterocycles. The van der Waals surface area contributed by atoms with Crippen LogP contribution in [0.4, 0.5) is 0 Å². The van der Waals surface area contributed by atoms with E-state index in [1.54, 1.807) is 17.5 Å². The zero-order chi connectivity index (χ0) is 12.6. The first-order chi connectivity index (χ1) is 8.88. The second-order valence-electron chi connectivity index (χ2n) is 4.04. The summed E-state index contributed by atoms with van der Waals surface area (Å²) in [6, 6.07) is 8.22. The van der Waals surface area contributed by atoms with E-state index < -0.39 is 0 Å². The van der Waals surface area contributed by atoms with Crippen molar-refractivity contribution in [3.05, 3.63) is 46.4 Å². The number of aromatic nitrogens is 1. The standard InChI is InChI=1S/C14H18N2OS/c1-2-7-15-10-12-3-5-13(6-4-12)17-11-14-16-8-9-18-14/h3-6,8-9,15H,2,7,10-11H2,1H3. The highest BCUT2D eigenvalue weighted by molar-refractivity contribution is 7.09. The molecule has 0 aliphatic carbocycles. The Hall–Kier alpha value is -1.39. The lowest BCUT2D eigenvalue weighted by molar-refractivity contribution is 0.305. The summed E-state index contributed by atoms with van der Waals surface area (Å²) in [4.78, 5) is 4.18. The molecule has 0 spiro atoms. The van der Waals surface area contributed by atoms with Gasteiger partial charge in [-0.25, -0.2) is 4.98 Å². The molecular formula is C14H18N2OS. The van der Waals surface area contributed by atoms with Gasteiger partial charge in [0.05, 0.1) is 0 Å². The monoisotopic (exact) mass is 262 g/mol. The number of rotatable bonds is 7. The van der Waals surface area contributed by atoms with Gasteiger partial charge in [0, 0.05) is 18.1 Å². The van der Waals surface area contributed by atoms with Crippen molar-refractivity contribution in [1.82, 2.24) is 10.3 Å². The minimum Gasteiger partial charge on any atom is -0.486 e. The highest BCUT2D eigenvalue weighted by Gasteiger charge is 1.98. The smallest absolute Gasteiger partial charge is 0.140 e. The molecule has 1 N–H and O–H groups in total. The summed E-state index contributed by atoms with van der Waals surface area (Å²) in [7, 11) is 0. The summed E-state index contributed by atoms with van der Waals surface area (Å²) in [5, 5.41) is 6.34. The van der Waals surface area contributed by atoms with Gasteiger partial charge in [-0.05, 0) is 30.7 Å². The van der Waals surface area contributed by atoms with E-state index in [9.17, 15) is 0 Å². The van der Waals surface area contributed by atoms with Gasteiger partial charge in [-0.1, -0.05) is 19.1 Å². The summed E-state index contributed by atoms with van der Waals surface area (Å²) in [6.45, 7) is 4.69. The van der Waals surface area contributed by atoms with Crippen LogP contribution in [-0.2, 0) is 13.2 Å². The van der Waals surface area contributed by atoms with Gasteiger partial charge in [-0.3, -0.25) is 0 Å². The number of thiazole rings is 1. The molecule has 3 nitrogen and oxygen atoms in total. The summed E-state index contributed by atoms with van der Waals surface area (Å²) in [5.74, 6) is 0.893. The molecule has 0 saturated heterocycles. The van der Waals surface area contributed by atoms with Crippen molar-refractivity contribution in [2.24, 2.45) is 0 Å². The van der Waals surface area contributed by atoms with Crippen molar-refractivity contribution in [2.75, 3.05) is 6.54 Å². The predicted molar refractivity (Wildman–Crippen MR) is 74.9 cm³/mol. The molecule has 2 aromatic rings. The first-order valence-corrected chi connectivity index (χ1v) is 7.07. The quantitative estimate of drug-likeness (QED) is 0.778. The first kappa shape index (κ1) is 13.1. The van der Waals surface area contributed by atoms with Crippen LogP contribution in [-0.4, -0.2) is 11.5 Å². The molecule has 18 heavy (non-hydrogen) atoms. The molecule has 1 aromatic carbocycles. The Balaban J connectivity index is 1.80. The molecule has 0 unspecified atom stereocenters. The van der Waals surface area contributed by atoms with Crippen LogP contribution in [0.3, 0.4) is 0 Å². The van der Waals surface area contributed by atoms with Crippen LogP contribution in [0.5, 0.6) is 5.75 Å². The average Bonchev–Trinajstić information content (AvgIpc) is 2.91. The van der Waals surface area contributed by atoms with E-state index in [4.69, 9.17) is 4.74 Å². The third kappa shape index (κ3) is 4.13. The van der Waals surface area contributed by atoms with Crippen molar-refractivity contribution in [3.8, 4) is 5.75 Å². The molecule has 0 saturated carbocycles. The largest absolute Gasteiger partial charge is 0.486 e. The maximum Gasteiger partial charge on any atom is 0.140 e. The fourth-order valence-electron chi connectivity index (χ4n) is 1.58. The normalized spacial score (nSPS) is 10.5. The molecule has 96 valence electrons. The van der Waals surface area contributed by atoms with Crippen LogP contribution >= 0.6 is 11.3 Å². The Labute approximate surface area is 112 Å². The van der Waals surface area contributed by atoms with Crippen LogP contribution in [0.2, 0.25) is 0 Å². The fourth-order valence-corrected chi connectivity index (χ4v) is 2.11. The molecule has 2 rings (SSSR count). The van der Waals surface area contributed by atoms with Gasteiger partial charge in [0.1, 0.15) is 17.4 Å². The average molecular weight is 262 g/mol. The Kier molecular flexibility index (Phi) is 5.17. The van der Waals surface area contributed by atoms with Crippen molar-refractivity contribution in [1.29, 1.82) is 0 Å². The number of benzene rings is 1. The zero-order valence-electron chi connectivity index (χ0n) is 10.6. The van der Waals surface area contributed by atoms with Crippen LogP contribution in [0.1, 0.15) is 23.9 Å². The van der Waals surface area contributed by atoms with Gasteiger partial charge in [-0.2, -0.15) is 0 Å². The molecular weight excluding hydrogens is 244 g/mol. The topological polar surface area (TPSA) is 34.1 Å². The molecule has 1 heterocycles. The highest BCUT2D eigenvalue weighted by atomic mass is 32.1. The second kappa shape index (κ2) is 7.13. The molecule has 0 amide bonds. The van der Waals surface area contributed by atoms with Crippen molar-refractivity contribution in [2.45, 2.75) is 26.5 Å². The summed E-state index contributed by atoms with van der Waals surface area (Å²) in [5.41, 5.74) is 1.28. The number of hydrogen-bond acceptors (Lipinski definition) is 4. The van der Waals surface area contributed by atoms with Gasteiger partial charge in [0.15, 0.2) is 0 Å².